The molecule has 29 heavy (non-hydrogen) atoms. The number of halogens is 1. The maximum absolute atomic E-state index is 8.80. The lowest BCUT2D eigenvalue weighted by Crippen LogP contribution is -2.06. The molecule has 3 heterocycles. The van der Waals surface area contributed by atoms with Crippen LogP contribution in [0.1, 0.15) is 38.2 Å². The molecular weight excluding hydrogens is 440 g/mol. The summed E-state index contributed by atoms with van der Waals surface area (Å²) in [5.41, 5.74) is 8.13. The van der Waals surface area contributed by atoms with Gasteiger partial charge in [0.05, 0.1) is 19.8 Å². The predicted molar refractivity (Wildman–Crippen MR) is 113 cm³/mol. The van der Waals surface area contributed by atoms with Gasteiger partial charge < -0.3 is 20.3 Å². The summed E-state index contributed by atoms with van der Waals surface area (Å²) in [7, 11) is 0. The number of nitrogen functional groups attached to an aromatic ring is 1. The zero-order valence-corrected chi connectivity index (χ0v) is 17.9. The van der Waals surface area contributed by atoms with Crippen molar-refractivity contribution in [3.05, 3.63) is 28.6 Å². The zero-order chi connectivity index (χ0) is 20.6. The Morgan fingerprint density at radius 1 is 1.10 bits per heavy atom. The Bertz CT molecular complexity index is 932. The SMILES string of the molecule is CCCCOc1nc(N)c2nc(Br)n(Cc3ccc(OCCCCO)nc3)c2n1. The molecule has 0 aliphatic heterocycles. The Kier molecular flexibility index (Phi) is 7.59. The largest absolute Gasteiger partial charge is 0.478 e. The van der Waals surface area contributed by atoms with Crippen LogP contribution in [-0.2, 0) is 6.54 Å². The summed E-state index contributed by atoms with van der Waals surface area (Å²) in [5.74, 6) is 0.838. The van der Waals surface area contributed by atoms with Gasteiger partial charge in [0.15, 0.2) is 21.7 Å². The van der Waals surface area contributed by atoms with Crippen LogP contribution < -0.4 is 15.2 Å². The molecule has 0 saturated heterocycles. The number of hydrogen-bond acceptors (Lipinski definition) is 8. The van der Waals surface area contributed by atoms with E-state index in [-0.39, 0.29) is 18.4 Å². The first kappa shape index (κ1) is 21.3. The van der Waals surface area contributed by atoms with Crippen LogP contribution in [0.5, 0.6) is 11.9 Å². The first-order chi connectivity index (χ1) is 14.1. The fraction of sp³-hybridized carbons (Fsp3) is 0.474. The highest BCUT2D eigenvalue weighted by atomic mass is 79.9. The lowest BCUT2D eigenvalue weighted by molar-refractivity contribution is 0.249. The second kappa shape index (κ2) is 10.4. The molecular formula is C19H25BrN6O3. The van der Waals surface area contributed by atoms with Gasteiger partial charge in [-0.3, -0.25) is 4.57 Å². The van der Waals surface area contributed by atoms with Gasteiger partial charge in [0.1, 0.15) is 0 Å². The molecule has 156 valence electrons. The number of anilines is 1. The number of nitrogens with two attached hydrogens (primary N) is 1. The van der Waals surface area contributed by atoms with Crippen LogP contribution in [0.4, 0.5) is 5.82 Å². The number of rotatable bonds is 11. The van der Waals surface area contributed by atoms with Crippen LogP contribution in [0.15, 0.2) is 23.1 Å². The van der Waals surface area contributed by atoms with Gasteiger partial charge in [-0.05, 0) is 40.8 Å². The van der Waals surface area contributed by atoms with E-state index in [0.717, 1.165) is 31.2 Å². The quantitative estimate of drug-likeness (QED) is 0.328. The number of nitrogens with zero attached hydrogens (tertiary/aromatic N) is 5. The Labute approximate surface area is 177 Å². The number of imidazole rings is 1. The molecule has 0 radical (unpaired) electrons. The number of ether oxygens (including phenoxy) is 2. The van der Waals surface area contributed by atoms with E-state index in [1.54, 1.807) is 6.20 Å². The van der Waals surface area contributed by atoms with Crippen LogP contribution in [0.3, 0.4) is 0 Å². The van der Waals surface area contributed by atoms with Crippen molar-refractivity contribution in [2.24, 2.45) is 0 Å². The maximum atomic E-state index is 8.80. The van der Waals surface area contributed by atoms with Gasteiger partial charge in [-0.15, -0.1) is 0 Å². The number of fused-ring (bicyclic) bond motifs is 1. The van der Waals surface area contributed by atoms with Crippen LogP contribution in [0.25, 0.3) is 11.2 Å². The summed E-state index contributed by atoms with van der Waals surface area (Å²) in [5, 5.41) is 8.80. The molecule has 0 saturated carbocycles. The van der Waals surface area contributed by atoms with E-state index >= 15 is 0 Å². The highest BCUT2D eigenvalue weighted by Crippen LogP contribution is 2.25. The fourth-order valence-electron chi connectivity index (χ4n) is 2.65. The monoisotopic (exact) mass is 464 g/mol. The molecule has 0 aliphatic rings. The molecule has 3 aromatic rings. The molecule has 3 aromatic heterocycles. The van der Waals surface area contributed by atoms with E-state index in [9.17, 15) is 0 Å². The number of pyridine rings is 1. The smallest absolute Gasteiger partial charge is 0.320 e. The summed E-state index contributed by atoms with van der Waals surface area (Å²) in [6, 6.07) is 4.02. The number of aromatic nitrogens is 5. The highest BCUT2D eigenvalue weighted by Gasteiger charge is 2.16. The standard InChI is InChI=1S/C19H25BrN6O3/c1-2-3-9-29-19-24-16(21)15-17(25-19)26(18(20)23-15)12-13-6-7-14(22-11-13)28-10-5-4-8-27/h6-7,11,27H,2-5,8-10,12H2,1H3,(H2,21,24,25). The van der Waals surface area contributed by atoms with Crippen molar-refractivity contribution in [2.75, 3.05) is 25.6 Å². The Morgan fingerprint density at radius 3 is 2.66 bits per heavy atom. The molecule has 0 amide bonds. The molecule has 10 heteroatoms. The summed E-state index contributed by atoms with van der Waals surface area (Å²) >= 11 is 3.48. The highest BCUT2D eigenvalue weighted by molar-refractivity contribution is 9.10. The van der Waals surface area contributed by atoms with Crippen molar-refractivity contribution in [2.45, 2.75) is 39.2 Å². The van der Waals surface area contributed by atoms with Crippen molar-refractivity contribution < 1.29 is 14.6 Å². The third-order valence-corrected chi connectivity index (χ3v) is 4.83. The minimum atomic E-state index is 0.170. The summed E-state index contributed by atoms with van der Waals surface area (Å²) in [4.78, 5) is 17.4. The fourth-order valence-corrected chi connectivity index (χ4v) is 3.12. The number of aliphatic hydroxyl groups excluding tert-OH is 1. The van der Waals surface area contributed by atoms with Gasteiger partial charge in [-0.25, -0.2) is 9.97 Å². The molecule has 0 atom stereocenters. The first-order valence-electron chi connectivity index (χ1n) is 9.63. The number of aliphatic hydroxyl groups is 1. The van der Waals surface area contributed by atoms with Crippen molar-refractivity contribution >= 4 is 32.9 Å². The summed E-state index contributed by atoms with van der Waals surface area (Å²) in [6.07, 6.45) is 5.20. The number of hydrogen-bond donors (Lipinski definition) is 2. The zero-order valence-electron chi connectivity index (χ0n) is 16.3. The van der Waals surface area contributed by atoms with Crippen LogP contribution >= 0.6 is 15.9 Å². The Balaban J connectivity index is 1.75. The van der Waals surface area contributed by atoms with Gasteiger partial charge in [0, 0.05) is 18.9 Å². The van der Waals surface area contributed by atoms with Gasteiger partial charge in [-0.2, -0.15) is 9.97 Å². The first-order valence-corrected chi connectivity index (χ1v) is 10.4. The van der Waals surface area contributed by atoms with Crippen molar-refractivity contribution in [3.63, 3.8) is 0 Å². The van der Waals surface area contributed by atoms with Crippen LogP contribution in [0, 0.1) is 0 Å². The average molecular weight is 465 g/mol. The molecule has 0 unspecified atom stereocenters. The van der Waals surface area contributed by atoms with E-state index < -0.39 is 0 Å². The lowest BCUT2D eigenvalue weighted by atomic mass is 10.3. The minimum Gasteiger partial charge on any atom is -0.478 e. The Hall–Kier alpha value is -2.46. The van der Waals surface area contributed by atoms with Gasteiger partial charge in [-0.1, -0.05) is 19.4 Å². The second-order valence-electron chi connectivity index (χ2n) is 6.52. The lowest BCUT2D eigenvalue weighted by Gasteiger charge is -2.09. The van der Waals surface area contributed by atoms with E-state index in [2.05, 4.69) is 42.8 Å². The Morgan fingerprint density at radius 2 is 1.93 bits per heavy atom. The normalized spacial score (nSPS) is 11.1. The summed E-state index contributed by atoms with van der Waals surface area (Å²) < 4.78 is 13.7. The van der Waals surface area contributed by atoms with E-state index in [1.165, 1.54) is 0 Å². The van der Waals surface area contributed by atoms with Crippen molar-refractivity contribution in [1.82, 2.24) is 24.5 Å². The van der Waals surface area contributed by atoms with Gasteiger partial charge in [0.25, 0.3) is 0 Å². The van der Waals surface area contributed by atoms with Crippen molar-refractivity contribution in [3.8, 4) is 11.9 Å². The molecule has 0 spiro atoms. The molecule has 3 rings (SSSR count). The van der Waals surface area contributed by atoms with E-state index in [1.807, 2.05) is 16.7 Å². The second-order valence-corrected chi connectivity index (χ2v) is 7.23. The summed E-state index contributed by atoms with van der Waals surface area (Å²) in [6.45, 7) is 3.83. The molecule has 0 bridgehead atoms. The van der Waals surface area contributed by atoms with Crippen LogP contribution in [-0.4, -0.2) is 49.4 Å². The molecule has 3 N–H and O–H groups in total. The third kappa shape index (κ3) is 5.54. The van der Waals surface area contributed by atoms with Gasteiger partial charge >= 0.3 is 6.01 Å². The molecule has 0 aliphatic carbocycles. The molecule has 9 nitrogen and oxygen atoms in total. The van der Waals surface area contributed by atoms with Crippen LogP contribution in [0.2, 0.25) is 0 Å². The molecule has 0 aromatic carbocycles. The minimum absolute atomic E-state index is 0.170. The molecule has 0 fully saturated rings. The van der Waals surface area contributed by atoms with Gasteiger partial charge in [0.2, 0.25) is 5.88 Å². The number of unbranched alkanes of at least 4 members (excludes halogenated alkanes) is 2. The predicted octanol–water partition coefficient (Wildman–Crippen LogP) is 2.94. The topological polar surface area (TPSA) is 121 Å². The van der Waals surface area contributed by atoms with E-state index in [4.69, 9.17) is 20.3 Å². The van der Waals surface area contributed by atoms with Crippen molar-refractivity contribution in [1.29, 1.82) is 0 Å². The average Bonchev–Trinajstić information content (AvgIpc) is 3.03. The maximum Gasteiger partial charge on any atom is 0.320 e. The third-order valence-electron chi connectivity index (χ3n) is 4.22. The van der Waals surface area contributed by atoms with E-state index in [0.29, 0.717) is 41.5 Å².